The number of halogens is 2. The van der Waals surface area contributed by atoms with E-state index >= 15 is 0 Å². The predicted molar refractivity (Wildman–Crippen MR) is 117 cm³/mol. The van der Waals surface area contributed by atoms with E-state index in [1.54, 1.807) is 4.31 Å². The largest absolute Gasteiger partial charge is 0.369 e. The van der Waals surface area contributed by atoms with E-state index in [2.05, 4.69) is 5.32 Å². The van der Waals surface area contributed by atoms with Crippen LogP contribution in [0.5, 0.6) is 0 Å². The number of anilines is 1. The van der Waals surface area contributed by atoms with Gasteiger partial charge in [0.1, 0.15) is 11.6 Å². The van der Waals surface area contributed by atoms with E-state index < -0.39 is 11.6 Å². The summed E-state index contributed by atoms with van der Waals surface area (Å²) in [7, 11) is 0. The van der Waals surface area contributed by atoms with Gasteiger partial charge in [-0.05, 0) is 73.3 Å². The van der Waals surface area contributed by atoms with Crippen molar-refractivity contribution in [3.8, 4) is 0 Å². The number of rotatable bonds is 5. The van der Waals surface area contributed by atoms with Crippen molar-refractivity contribution in [2.45, 2.75) is 38.1 Å². The number of primary amides is 1. The number of carbonyl (C=O) groups excluding carboxylic acids is 2. The van der Waals surface area contributed by atoms with Crippen LogP contribution in [0.1, 0.15) is 32.1 Å². The van der Waals surface area contributed by atoms with Crippen LogP contribution in [0.15, 0.2) is 18.2 Å². The highest BCUT2D eigenvalue weighted by molar-refractivity contribution is 7.98. The molecule has 1 aromatic carbocycles. The lowest BCUT2D eigenvalue weighted by molar-refractivity contribution is -0.207. The topological polar surface area (TPSA) is 78.7 Å². The average molecular weight is 463 g/mol. The average Bonchev–Trinajstić information content (AvgIpc) is 3.25. The predicted octanol–water partition coefficient (Wildman–Crippen LogP) is 2.69. The van der Waals surface area contributed by atoms with Crippen molar-refractivity contribution in [1.29, 1.82) is 0 Å². The quantitative estimate of drug-likeness (QED) is 0.658. The van der Waals surface area contributed by atoms with Gasteiger partial charge in [-0.1, -0.05) is 0 Å². The van der Waals surface area contributed by atoms with Crippen molar-refractivity contribution >= 4 is 29.6 Å². The highest BCUT2D eigenvalue weighted by Crippen LogP contribution is 2.81. The van der Waals surface area contributed by atoms with Crippen LogP contribution in [-0.4, -0.2) is 41.8 Å². The van der Waals surface area contributed by atoms with Gasteiger partial charge in [-0.2, -0.15) is 0 Å². The third-order valence-corrected chi connectivity index (χ3v) is 10.1. The molecular formula is C23H28F2N4O2S. The van der Waals surface area contributed by atoms with Crippen molar-refractivity contribution in [3.63, 3.8) is 0 Å². The first kappa shape index (κ1) is 20.7. The van der Waals surface area contributed by atoms with Gasteiger partial charge in [0.05, 0.1) is 12.2 Å². The van der Waals surface area contributed by atoms with Crippen molar-refractivity contribution in [3.05, 3.63) is 29.8 Å². The first-order chi connectivity index (χ1) is 15.4. The zero-order chi connectivity index (χ0) is 22.2. The zero-order valence-electron chi connectivity index (χ0n) is 17.8. The molecule has 1 aromatic rings. The van der Waals surface area contributed by atoms with Crippen LogP contribution in [0.25, 0.3) is 0 Å². The lowest BCUT2D eigenvalue weighted by Crippen LogP contribution is -2.73. The fourth-order valence-corrected chi connectivity index (χ4v) is 9.16. The molecule has 0 bridgehead atoms. The fourth-order valence-electron chi connectivity index (χ4n) is 8.05. The first-order valence-electron chi connectivity index (χ1n) is 11.6. The Morgan fingerprint density at radius 3 is 2.75 bits per heavy atom. The van der Waals surface area contributed by atoms with Gasteiger partial charge in [0.25, 0.3) is 0 Å². The second-order valence-corrected chi connectivity index (χ2v) is 11.3. The summed E-state index contributed by atoms with van der Waals surface area (Å²) in [4.78, 5) is 24.8. The molecule has 1 aliphatic heterocycles. The third-order valence-electron chi connectivity index (χ3n) is 9.03. The number of carbonyl (C=O) groups is 2. The molecule has 172 valence electrons. The normalized spacial score (nSPS) is 39.6. The van der Waals surface area contributed by atoms with Crippen LogP contribution in [0.4, 0.5) is 14.5 Å². The number of nitrogens with zero attached hydrogens (tertiary/aromatic N) is 2. The monoisotopic (exact) mass is 462 g/mol. The molecule has 5 aliphatic rings. The van der Waals surface area contributed by atoms with Gasteiger partial charge in [0.15, 0.2) is 0 Å². The molecular weight excluding hydrogens is 434 g/mol. The molecule has 32 heavy (non-hydrogen) atoms. The van der Waals surface area contributed by atoms with Crippen LogP contribution in [0, 0.1) is 46.6 Å². The molecule has 6 rings (SSSR count). The van der Waals surface area contributed by atoms with Gasteiger partial charge >= 0.3 is 0 Å². The van der Waals surface area contributed by atoms with E-state index in [4.69, 9.17) is 5.73 Å². The number of nitrogens with one attached hydrogen (secondary N) is 1. The highest BCUT2D eigenvalue weighted by atomic mass is 32.2. The molecule has 0 aromatic heterocycles. The van der Waals surface area contributed by atoms with Gasteiger partial charge in [0, 0.05) is 43.2 Å². The summed E-state index contributed by atoms with van der Waals surface area (Å²) in [5, 5.41) is 3.30. The van der Waals surface area contributed by atoms with E-state index in [0.29, 0.717) is 35.9 Å². The smallest absolute Gasteiger partial charge is 0.235 e. The molecule has 6 nitrogen and oxygen atoms in total. The van der Waals surface area contributed by atoms with Crippen molar-refractivity contribution in [2.24, 2.45) is 40.7 Å². The summed E-state index contributed by atoms with van der Waals surface area (Å²) in [6.45, 7) is 1.62. The number of hydrogen-bond acceptors (Lipinski definition) is 5. The molecule has 2 amide bonds. The maximum atomic E-state index is 14.2. The summed E-state index contributed by atoms with van der Waals surface area (Å²) in [5.41, 5.74) is 6.29. The Bertz CT molecular complexity index is 979. The van der Waals surface area contributed by atoms with E-state index in [-0.39, 0.29) is 35.7 Å². The molecule has 0 radical (unpaired) electrons. The minimum Gasteiger partial charge on any atom is -0.369 e. The summed E-state index contributed by atoms with van der Waals surface area (Å²) in [6.07, 6.45) is 4.96. The number of hydrogen-bond donors (Lipinski definition) is 2. The molecule has 7 unspecified atom stereocenters. The van der Waals surface area contributed by atoms with Gasteiger partial charge in [-0.3, -0.25) is 9.59 Å². The van der Waals surface area contributed by atoms with Gasteiger partial charge in [-0.25, -0.2) is 13.1 Å². The molecule has 3 N–H and O–H groups in total. The lowest BCUT2D eigenvalue weighted by atomic mass is 9.36. The Labute approximate surface area is 190 Å². The first-order valence-corrected chi connectivity index (χ1v) is 12.4. The summed E-state index contributed by atoms with van der Waals surface area (Å²) >= 11 is 1.33. The molecule has 5 fully saturated rings. The van der Waals surface area contributed by atoms with Crippen LogP contribution in [-0.2, 0) is 9.59 Å². The molecule has 1 heterocycles. The summed E-state index contributed by atoms with van der Waals surface area (Å²) in [5.74, 6) is 0.662. The second-order valence-electron chi connectivity index (χ2n) is 10.2. The lowest BCUT2D eigenvalue weighted by Gasteiger charge is -2.70. The van der Waals surface area contributed by atoms with Gasteiger partial charge in [0.2, 0.25) is 11.8 Å². The van der Waals surface area contributed by atoms with Crippen molar-refractivity contribution < 1.29 is 18.4 Å². The highest BCUT2D eigenvalue weighted by Gasteiger charge is 2.80. The standard InChI is InChI=1S/C23H28F2N4O2S/c24-13-2-5-19(18(25)10-13)29-7-1-6-28(32-29)11-20(30)27-21-16-4-3-15-14(22(26)31)8-12-9-17(21)23(12,15)16/h2,5,10,12,14-17,21H,1,3-4,6-9,11H2,(H2,26,31)(H,27,30). The summed E-state index contributed by atoms with van der Waals surface area (Å²) < 4.78 is 31.1. The fraction of sp³-hybridized carbons (Fsp3) is 0.652. The molecule has 1 saturated heterocycles. The van der Waals surface area contributed by atoms with Crippen molar-refractivity contribution in [2.75, 3.05) is 23.9 Å². The Balaban J connectivity index is 1.07. The number of amides is 2. The number of nitrogens with two attached hydrogens (primary N) is 1. The Morgan fingerprint density at radius 2 is 1.97 bits per heavy atom. The second kappa shape index (κ2) is 7.32. The minimum atomic E-state index is -0.598. The maximum Gasteiger partial charge on any atom is 0.235 e. The zero-order valence-corrected chi connectivity index (χ0v) is 18.6. The van der Waals surface area contributed by atoms with Gasteiger partial charge < -0.3 is 15.4 Å². The Hall–Kier alpha value is -1.87. The van der Waals surface area contributed by atoms with Crippen molar-refractivity contribution in [1.82, 2.24) is 9.62 Å². The van der Waals surface area contributed by atoms with E-state index in [9.17, 15) is 18.4 Å². The Morgan fingerprint density at radius 1 is 1.16 bits per heavy atom. The SMILES string of the molecule is NC(=O)C1CC2CC3C(NC(=O)CN4CCCN(c5ccc(F)cc5F)S4)C4CCC1C243. The molecule has 4 saturated carbocycles. The van der Waals surface area contributed by atoms with Crippen LogP contribution in [0.2, 0.25) is 0 Å². The number of benzene rings is 1. The van der Waals surface area contributed by atoms with Crippen LogP contribution in [0.3, 0.4) is 0 Å². The van der Waals surface area contributed by atoms with Crippen LogP contribution < -0.4 is 15.4 Å². The van der Waals surface area contributed by atoms with Crippen LogP contribution >= 0.6 is 12.1 Å². The van der Waals surface area contributed by atoms with E-state index in [1.807, 2.05) is 4.31 Å². The molecule has 4 aliphatic carbocycles. The molecule has 9 heteroatoms. The summed E-state index contributed by atoms with van der Waals surface area (Å²) in [6, 6.07) is 3.79. The molecule has 1 spiro atoms. The Kier molecular flexibility index (Phi) is 4.74. The van der Waals surface area contributed by atoms with E-state index in [0.717, 1.165) is 44.7 Å². The molecule has 7 atom stereocenters. The van der Waals surface area contributed by atoms with E-state index in [1.165, 1.54) is 24.3 Å². The third kappa shape index (κ3) is 2.79. The van der Waals surface area contributed by atoms with Gasteiger partial charge in [-0.15, -0.1) is 0 Å². The maximum absolute atomic E-state index is 14.2. The minimum absolute atomic E-state index is 0.00451.